The third-order valence-corrected chi connectivity index (χ3v) is 3.99. The van der Waals surface area contributed by atoms with Crippen LogP contribution in [0.1, 0.15) is 25.5 Å². The zero-order valence-electron chi connectivity index (χ0n) is 12.0. The van der Waals surface area contributed by atoms with E-state index in [0.29, 0.717) is 18.4 Å². The van der Waals surface area contributed by atoms with E-state index in [4.69, 9.17) is 4.74 Å². The maximum Gasteiger partial charge on any atom is 0.0897 e. The van der Waals surface area contributed by atoms with Gasteiger partial charge in [-0.05, 0) is 18.7 Å². The molecule has 0 aromatic heterocycles. The second-order valence-corrected chi connectivity index (χ2v) is 6.02. The highest BCUT2D eigenvalue weighted by molar-refractivity contribution is 7.99. The molecule has 19 heavy (non-hydrogen) atoms. The first-order valence-corrected chi connectivity index (χ1v) is 8.00. The second kappa shape index (κ2) is 9.37. The molecule has 0 saturated carbocycles. The number of rotatable bonds is 9. The number of aliphatic hydroxyl groups is 1. The first-order valence-electron chi connectivity index (χ1n) is 6.71. The smallest absolute Gasteiger partial charge is 0.0897 e. The number of ether oxygens (including phenoxy) is 1. The van der Waals surface area contributed by atoms with E-state index in [1.54, 1.807) is 0 Å². The van der Waals surface area contributed by atoms with E-state index in [9.17, 15) is 5.11 Å². The Balaban J connectivity index is 2.17. The van der Waals surface area contributed by atoms with Gasteiger partial charge in [0.2, 0.25) is 0 Å². The molecule has 4 heteroatoms. The number of aliphatic hydroxyl groups excluding tert-OH is 1. The van der Waals surface area contributed by atoms with Crippen LogP contribution in [0, 0.1) is 0 Å². The Morgan fingerprint density at radius 2 is 1.89 bits per heavy atom. The molecule has 1 aromatic rings. The lowest BCUT2D eigenvalue weighted by Crippen LogP contribution is -2.33. The molecule has 108 valence electrons. The molecule has 0 heterocycles. The predicted octanol–water partition coefficient (Wildman–Crippen LogP) is 2.47. The molecule has 0 aliphatic rings. The summed E-state index contributed by atoms with van der Waals surface area (Å²) in [5.74, 6) is 0. The van der Waals surface area contributed by atoms with E-state index in [-0.39, 0.29) is 6.10 Å². The molecule has 0 fully saturated rings. The van der Waals surface area contributed by atoms with Crippen LogP contribution in [0.25, 0.3) is 0 Å². The number of hydrogen-bond acceptors (Lipinski definition) is 4. The standard InChI is InChI=1S/C15H25NO2S/c1-12(19-3)9-16-10-15(17)11-18-13(2)14-7-5-4-6-8-14/h4-8,12-13,15-17H,9-11H2,1-3H3. The van der Waals surface area contributed by atoms with Crippen molar-refractivity contribution in [1.82, 2.24) is 5.32 Å². The molecule has 3 nitrogen and oxygen atoms in total. The molecule has 3 unspecified atom stereocenters. The van der Waals surface area contributed by atoms with Gasteiger partial charge in [-0.1, -0.05) is 37.3 Å². The van der Waals surface area contributed by atoms with Crippen LogP contribution in [-0.2, 0) is 4.74 Å². The van der Waals surface area contributed by atoms with E-state index in [0.717, 1.165) is 12.1 Å². The molecule has 0 spiro atoms. The van der Waals surface area contributed by atoms with Gasteiger partial charge in [0.1, 0.15) is 0 Å². The van der Waals surface area contributed by atoms with Gasteiger partial charge in [-0.2, -0.15) is 11.8 Å². The minimum Gasteiger partial charge on any atom is -0.389 e. The molecule has 0 saturated heterocycles. The van der Waals surface area contributed by atoms with Crippen LogP contribution in [0.4, 0.5) is 0 Å². The Kier molecular flexibility index (Phi) is 8.14. The number of thioether (sulfide) groups is 1. The summed E-state index contributed by atoms with van der Waals surface area (Å²) in [5, 5.41) is 13.7. The van der Waals surface area contributed by atoms with Crippen LogP contribution in [0.2, 0.25) is 0 Å². The van der Waals surface area contributed by atoms with Gasteiger partial charge in [0.05, 0.1) is 18.8 Å². The fourth-order valence-electron chi connectivity index (χ4n) is 1.67. The van der Waals surface area contributed by atoms with Gasteiger partial charge in [0.15, 0.2) is 0 Å². The van der Waals surface area contributed by atoms with Crippen LogP contribution in [0.5, 0.6) is 0 Å². The zero-order valence-corrected chi connectivity index (χ0v) is 12.8. The normalized spacial score (nSPS) is 16.0. The summed E-state index contributed by atoms with van der Waals surface area (Å²) >= 11 is 1.82. The molecule has 3 atom stereocenters. The summed E-state index contributed by atoms with van der Waals surface area (Å²) in [6.07, 6.45) is 1.65. The van der Waals surface area contributed by atoms with Crippen molar-refractivity contribution in [3.63, 3.8) is 0 Å². The fourth-order valence-corrected chi connectivity index (χ4v) is 1.96. The second-order valence-electron chi connectivity index (χ2n) is 4.74. The fraction of sp³-hybridized carbons (Fsp3) is 0.600. The minimum absolute atomic E-state index is 0.0148. The first kappa shape index (κ1) is 16.5. The summed E-state index contributed by atoms with van der Waals surface area (Å²) in [6, 6.07) is 10.1. The molecule has 1 aromatic carbocycles. The highest BCUT2D eigenvalue weighted by Crippen LogP contribution is 2.15. The van der Waals surface area contributed by atoms with Gasteiger partial charge in [-0.3, -0.25) is 0 Å². The molecule has 1 rings (SSSR count). The molecule has 2 N–H and O–H groups in total. The molecule has 0 bridgehead atoms. The topological polar surface area (TPSA) is 41.5 Å². The van der Waals surface area contributed by atoms with Crippen LogP contribution in [0.3, 0.4) is 0 Å². The van der Waals surface area contributed by atoms with Crippen molar-refractivity contribution in [3.8, 4) is 0 Å². The monoisotopic (exact) mass is 283 g/mol. The zero-order chi connectivity index (χ0) is 14.1. The quantitative estimate of drug-likeness (QED) is 0.730. The van der Waals surface area contributed by atoms with Crippen molar-refractivity contribution >= 4 is 11.8 Å². The predicted molar refractivity (Wildman–Crippen MR) is 82.7 cm³/mol. The van der Waals surface area contributed by atoms with Crippen LogP contribution in [0.15, 0.2) is 30.3 Å². The Hall–Kier alpha value is -0.550. The lowest BCUT2D eigenvalue weighted by Gasteiger charge is -2.18. The van der Waals surface area contributed by atoms with Crippen molar-refractivity contribution in [2.24, 2.45) is 0 Å². The lowest BCUT2D eigenvalue weighted by molar-refractivity contribution is -0.00191. The van der Waals surface area contributed by atoms with Crippen molar-refractivity contribution in [1.29, 1.82) is 0 Å². The Morgan fingerprint density at radius 1 is 1.21 bits per heavy atom. The summed E-state index contributed by atoms with van der Waals surface area (Å²) < 4.78 is 5.68. The number of benzene rings is 1. The van der Waals surface area contributed by atoms with Gasteiger partial charge in [0.25, 0.3) is 0 Å². The van der Waals surface area contributed by atoms with Crippen molar-refractivity contribution in [2.45, 2.75) is 31.3 Å². The van der Waals surface area contributed by atoms with E-state index in [2.05, 4.69) is 18.5 Å². The third-order valence-electron chi connectivity index (χ3n) is 3.02. The molecule has 0 radical (unpaired) electrons. The van der Waals surface area contributed by atoms with E-state index in [1.807, 2.05) is 49.0 Å². The lowest BCUT2D eigenvalue weighted by atomic mass is 10.1. The minimum atomic E-state index is -0.458. The number of hydrogen-bond donors (Lipinski definition) is 2. The highest BCUT2D eigenvalue weighted by atomic mass is 32.2. The van der Waals surface area contributed by atoms with Crippen LogP contribution >= 0.6 is 11.8 Å². The molecular formula is C15H25NO2S. The maximum atomic E-state index is 9.84. The first-order chi connectivity index (χ1) is 9.13. The summed E-state index contributed by atoms with van der Waals surface area (Å²) in [6.45, 7) is 6.01. The van der Waals surface area contributed by atoms with Gasteiger partial charge >= 0.3 is 0 Å². The van der Waals surface area contributed by atoms with E-state index < -0.39 is 6.10 Å². The van der Waals surface area contributed by atoms with E-state index in [1.165, 1.54) is 0 Å². The Labute approximate surface area is 120 Å². The summed E-state index contributed by atoms with van der Waals surface area (Å²) in [4.78, 5) is 0. The average molecular weight is 283 g/mol. The largest absolute Gasteiger partial charge is 0.389 e. The molecule has 0 aliphatic carbocycles. The Morgan fingerprint density at radius 3 is 2.53 bits per heavy atom. The van der Waals surface area contributed by atoms with Gasteiger partial charge in [-0.25, -0.2) is 0 Å². The molecule has 0 amide bonds. The van der Waals surface area contributed by atoms with E-state index >= 15 is 0 Å². The molecular weight excluding hydrogens is 258 g/mol. The van der Waals surface area contributed by atoms with Crippen LogP contribution < -0.4 is 5.32 Å². The third kappa shape index (κ3) is 6.97. The number of nitrogens with one attached hydrogen (secondary N) is 1. The van der Waals surface area contributed by atoms with Gasteiger partial charge < -0.3 is 15.2 Å². The van der Waals surface area contributed by atoms with Crippen molar-refractivity contribution in [2.75, 3.05) is 26.0 Å². The van der Waals surface area contributed by atoms with Crippen LogP contribution in [-0.4, -0.2) is 42.4 Å². The Bertz CT molecular complexity index is 334. The van der Waals surface area contributed by atoms with Gasteiger partial charge in [0, 0.05) is 18.3 Å². The van der Waals surface area contributed by atoms with Crippen molar-refractivity contribution < 1.29 is 9.84 Å². The van der Waals surface area contributed by atoms with Gasteiger partial charge in [-0.15, -0.1) is 0 Å². The SMILES string of the molecule is CSC(C)CNCC(O)COC(C)c1ccccc1. The average Bonchev–Trinajstić information content (AvgIpc) is 2.45. The maximum absolute atomic E-state index is 9.84. The summed E-state index contributed by atoms with van der Waals surface area (Å²) in [7, 11) is 0. The summed E-state index contributed by atoms with van der Waals surface area (Å²) in [5.41, 5.74) is 1.14. The highest BCUT2D eigenvalue weighted by Gasteiger charge is 2.09. The van der Waals surface area contributed by atoms with Crippen molar-refractivity contribution in [3.05, 3.63) is 35.9 Å². The molecule has 0 aliphatic heterocycles.